The number of ether oxygens (including phenoxy) is 1. The third-order valence-corrected chi connectivity index (χ3v) is 16.2. The second-order valence-corrected chi connectivity index (χ2v) is 19.7. The van der Waals surface area contributed by atoms with E-state index in [2.05, 4.69) is 41.5 Å². The first-order valence-electron chi connectivity index (χ1n) is 20.5. The first kappa shape index (κ1) is 41.4. The summed E-state index contributed by atoms with van der Waals surface area (Å²) < 4.78 is 23.2. The van der Waals surface area contributed by atoms with Gasteiger partial charge in [0.25, 0.3) is 5.56 Å². The lowest BCUT2D eigenvalue weighted by molar-refractivity contribution is -0.184. The van der Waals surface area contributed by atoms with Gasteiger partial charge in [0, 0.05) is 18.9 Å². The standard InChI is InChI=1S/C45H62ClFN2O6/c1-11-30(55-34(51)25-41(5,6)40(53)54)19-20-42(7)27(4)18-21-44(9)33(42)17-16-31-36-35(26(2)3)32(50)24-45(36,23-22-43(31,44)8)38-37(46)39(52)49(48(38)10)29-14-12-28(47)13-15-29/h12-15,26-27,30-31,33H,11,16-25H2,1-10H3,(H,53,54)/t27-,30-,31-,33-,42+,43-,44-,45-/m1/s1. The van der Waals surface area contributed by atoms with Gasteiger partial charge in [-0.3, -0.25) is 23.9 Å². The molecule has 3 fully saturated rings. The van der Waals surface area contributed by atoms with Gasteiger partial charge in [-0.05, 0) is 147 Å². The molecule has 0 bridgehead atoms. The van der Waals surface area contributed by atoms with Crippen LogP contribution in [0.25, 0.3) is 5.69 Å². The Hall–Kier alpha value is -3.20. The molecule has 3 saturated carbocycles. The van der Waals surface area contributed by atoms with Gasteiger partial charge in [0.15, 0.2) is 5.78 Å². The van der Waals surface area contributed by atoms with Crippen LogP contribution in [0.1, 0.15) is 139 Å². The Kier molecular flexibility index (Phi) is 10.8. The van der Waals surface area contributed by atoms with Crippen molar-refractivity contribution in [2.45, 2.75) is 144 Å². The molecular weight excluding hydrogens is 719 g/mol. The number of hydrogen-bond acceptors (Lipinski definition) is 5. The van der Waals surface area contributed by atoms with Gasteiger partial charge in [-0.25, -0.2) is 9.07 Å². The van der Waals surface area contributed by atoms with E-state index in [1.54, 1.807) is 26.0 Å². The molecule has 1 heterocycles. The van der Waals surface area contributed by atoms with Crippen LogP contribution in [0, 0.1) is 51.1 Å². The Balaban J connectivity index is 1.36. The van der Waals surface area contributed by atoms with E-state index in [0.717, 1.165) is 50.5 Å². The Bertz CT molecular complexity index is 1960. The number of nitrogens with zero attached hydrogens (tertiary/aromatic N) is 2. The van der Waals surface area contributed by atoms with Gasteiger partial charge in [0.1, 0.15) is 16.9 Å². The van der Waals surface area contributed by atoms with Gasteiger partial charge < -0.3 is 9.84 Å². The van der Waals surface area contributed by atoms with Crippen molar-refractivity contribution in [3.8, 4) is 5.69 Å². The Morgan fingerprint density at radius 3 is 2.29 bits per heavy atom. The minimum atomic E-state index is -1.19. The van der Waals surface area contributed by atoms with E-state index in [4.69, 9.17) is 16.3 Å². The average Bonchev–Trinajstić information content (AvgIpc) is 3.53. The van der Waals surface area contributed by atoms with Crippen molar-refractivity contribution >= 4 is 29.3 Å². The fraction of sp³-hybridized carbons (Fsp3) is 0.689. The summed E-state index contributed by atoms with van der Waals surface area (Å²) in [6, 6.07) is 5.84. The maximum Gasteiger partial charge on any atom is 0.309 e. The number of aromatic nitrogens is 2. The number of carbonyl (C=O) groups excluding carboxylic acids is 2. The van der Waals surface area contributed by atoms with E-state index in [0.29, 0.717) is 42.5 Å². The summed E-state index contributed by atoms with van der Waals surface area (Å²) in [5.41, 5.74) is 0.862. The van der Waals surface area contributed by atoms with Gasteiger partial charge >= 0.3 is 11.9 Å². The number of allylic oxidation sites excluding steroid dienone is 2. The summed E-state index contributed by atoms with van der Waals surface area (Å²) in [5.74, 6) is -0.707. The van der Waals surface area contributed by atoms with Crippen molar-refractivity contribution in [2.24, 2.45) is 52.4 Å². The lowest BCUT2D eigenvalue weighted by Crippen LogP contribution is -2.62. The summed E-state index contributed by atoms with van der Waals surface area (Å²) in [4.78, 5) is 52.9. The Labute approximate surface area is 331 Å². The number of carboxylic acids is 1. The van der Waals surface area contributed by atoms with Gasteiger partial charge in [-0.1, -0.05) is 60.1 Å². The lowest BCUT2D eigenvalue weighted by Gasteiger charge is -2.69. The van der Waals surface area contributed by atoms with Crippen LogP contribution in [0.5, 0.6) is 0 Å². The van der Waals surface area contributed by atoms with Crippen LogP contribution in [0.2, 0.25) is 5.02 Å². The smallest absolute Gasteiger partial charge is 0.309 e. The summed E-state index contributed by atoms with van der Waals surface area (Å²) in [6.45, 7) is 19.2. The van der Waals surface area contributed by atoms with E-state index in [1.807, 2.05) is 18.7 Å². The highest BCUT2D eigenvalue weighted by Gasteiger charge is 2.68. The van der Waals surface area contributed by atoms with Gasteiger partial charge in [0.2, 0.25) is 0 Å². The molecule has 4 aliphatic rings. The van der Waals surface area contributed by atoms with Gasteiger partial charge in [-0.15, -0.1) is 0 Å². The monoisotopic (exact) mass is 780 g/mol. The van der Waals surface area contributed by atoms with Crippen molar-refractivity contribution in [1.82, 2.24) is 9.36 Å². The van der Waals surface area contributed by atoms with E-state index in [-0.39, 0.29) is 57.0 Å². The second kappa shape index (κ2) is 14.3. The molecule has 55 heavy (non-hydrogen) atoms. The lowest BCUT2D eigenvalue weighted by atomic mass is 9.35. The maximum absolute atomic E-state index is 14.3. The fourth-order valence-corrected chi connectivity index (χ4v) is 12.7. The fourth-order valence-electron chi connectivity index (χ4n) is 12.3. The van der Waals surface area contributed by atoms with Crippen LogP contribution in [-0.4, -0.2) is 38.3 Å². The molecule has 0 unspecified atom stereocenters. The van der Waals surface area contributed by atoms with Crippen LogP contribution in [-0.2, 0) is 31.6 Å². The number of benzene rings is 1. The van der Waals surface area contributed by atoms with E-state index >= 15 is 0 Å². The normalized spacial score (nSPS) is 32.6. The molecule has 4 aliphatic carbocycles. The molecule has 0 saturated heterocycles. The van der Waals surface area contributed by atoms with Crippen molar-refractivity contribution in [1.29, 1.82) is 0 Å². The molecule has 1 N–H and O–H groups in total. The molecule has 0 amide bonds. The van der Waals surface area contributed by atoms with Crippen molar-refractivity contribution < 1.29 is 28.6 Å². The van der Waals surface area contributed by atoms with Crippen molar-refractivity contribution in [3.63, 3.8) is 0 Å². The average molecular weight is 781 g/mol. The number of hydrogen-bond donors (Lipinski definition) is 1. The summed E-state index contributed by atoms with van der Waals surface area (Å²) in [5, 5.41) is 9.69. The highest BCUT2D eigenvalue weighted by Crippen LogP contribution is 2.75. The summed E-state index contributed by atoms with van der Waals surface area (Å²) >= 11 is 7.10. The van der Waals surface area contributed by atoms with E-state index < -0.39 is 28.6 Å². The number of ketones is 1. The molecule has 0 spiro atoms. The number of fused-ring (bicyclic) bond motifs is 5. The third-order valence-electron chi connectivity index (χ3n) is 15.8. The van der Waals surface area contributed by atoms with Crippen LogP contribution in [0.3, 0.4) is 0 Å². The highest BCUT2D eigenvalue weighted by atomic mass is 35.5. The van der Waals surface area contributed by atoms with E-state index in [1.165, 1.54) is 22.4 Å². The SMILES string of the molecule is CC[C@H](CC[C@@]1(C)[C@H](C)CC[C@]2(C)[C@@H]1CC[C@@H]1C3=C(C(C)C)C(=O)C[C@]3(c3c(Cl)c(=O)n(-c4ccc(F)cc4)n3C)CC[C@]12C)OC(=O)CC(C)(C)C(=O)O. The molecule has 0 radical (unpaired) electrons. The topological polar surface area (TPSA) is 108 Å². The number of carboxylic acid groups (broad SMARTS) is 1. The summed E-state index contributed by atoms with van der Waals surface area (Å²) in [7, 11) is 1.84. The zero-order valence-corrected chi connectivity index (χ0v) is 35.4. The zero-order chi connectivity index (χ0) is 40.6. The molecular formula is C45H62ClFN2O6. The summed E-state index contributed by atoms with van der Waals surface area (Å²) in [6.07, 6.45) is 7.83. The molecule has 8 atom stereocenters. The molecule has 0 aliphatic heterocycles. The number of rotatable bonds is 11. The second-order valence-electron chi connectivity index (χ2n) is 19.3. The van der Waals surface area contributed by atoms with Crippen LogP contribution >= 0.6 is 11.6 Å². The van der Waals surface area contributed by atoms with Crippen molar-refractivity contribution in [3.05, 3.63) is 62.3 Å². The molecule has 6 rings (SSSR count). The number of aliphatic carboxylic acids is 1. The predicted molar refractivity (Wildman–Crippen MR) is 213 cm³/mol. The Morgan fingerprint density at radius 1 is 1.04 bits per heavy atom. The number of Topliss-reactive ketones (excluding diaryl/α,β-unsaturated/α-hetero) is 1. The zero-order valence-electron chi connectivity index (χ0n) is 34.6. The predicted octanol–water partition coefficient (Wildman–Crippen LogP) is 10.0. The first-order valence-corrected chi connectivity index (χ1v) is 20.9. The quantitative estimate of drug-likeness (QED) is 0.228. The molecule has 302 valence electrons. The number of carbonyl (C=O) groups is 3. The van der Waals surface area contributed by atoms with E-state index in [9.17, 15) is 28.7 Å². The van der Waals surface area contributed by atoms with Crippen molar-refractivity contribution in [2.75, 3.05) is 0 Å². The number of esters is 1. The first-order chi connectivity index (χ1) is 25.6. The molecule has 2 aromatic rings. The van der Waals surface area contributed by atoms with Gasteiger partial charge in [0.05, 0.1) is 23.2 Å². The molecule has 1 aromatic heterocycles. The third kappa shape index (κ3) is 6.37. The minimum absolute atomic E-state index is 0.0126. The Morgan fingerprint density at radius 2 is 1.69 bits per heavy atom. The maximum atomic E-state index is 14.3. The molecule has 10 heteroatoms. The molecule has 1 aromatic carbocycles. The molecule has 8 nitrogen and oxygen atoms in total. The van der Waals surface area contributed by atoms with Gasteiger partial charge in [-0.2, -0.15) is 0 Å². The van der Waals surface area contributed by atoms with Crippen LogP contribution in [0.15, 0.2) is 40.2 Å². The highest BCUT2D eigenvalue weighted by molar-refractivity contribution is 6.31. The number of halogens is 2. The minimum Gasteiger partial charge on any atom is -0.481 e. The van der Waals surface area contributed by atoms with Crippen LogP contribution in [0.4, 0.5) is 4.39 Å². The van der Waals surface area contributed by atoms with Crippen LogP contribution < -0.4 is 5.56 Å². The largest absolute Gasteiger partial charge is 0.481 e.